The van der Waals surface area contributed by atoms with E-state index in [4.69, 9.17) is 4.74 Å². The van der Waals surface area contributed by atoms with Crippen LogP contribution in [0, 0.1) is 0 Å². The van der Waals surface area contributed by atoms with Crippen molar-refractivity contribution in [2.75, 3.05) is 7.11 Å². The van der Waals surface area contributed by atoms with Crippen molar-refractivity contribution in [3.8, 4) is 0 Å². The van der Waals surface area contributed by atoms with Gasteiger partial charge in [-0.2, -0.15) is 0 Å². The molecule has 0 aromatic heterocycles. The summed E-state index contributed by atoms with van der Waals surface area (Å²) in [6.45, 7) is 12.6. The van der Waals surface area contributed by atoms with Crippen LogP contribution in [0.5, 0.6) is 0 Å². The molecule has 0 aliphatic carbocycles. The molecule has 0 heterocycles. The Balaban J connectivity index is 5.22. The van der Waals surface area contributed by atoms with Crippen LogP contribution >= 0.6 is 0 Å². The van der Waals surface area contributed by atoms with Crippen LogP contribution in [0.1, 0.15) is 6.92 Å². The SMILES string of the molecule is C=C/C(=C\C=C(/C=C)C(=O)/C(C=C)=C/C)OC. The van der Waals surface area contributed by atoms with Crippen molar-refractivity contribution in [3.63, 3.8) is 0 Å². The first-order valence-electron chi connectivity index (χ1n) is 5.18. The van der Waals surface area contributed by atoms with E-state index in [2.05, 4.69) is 19.7 Å². The minimum atomic E-state index is -0.117. The van der Waals surface area contributed by atoms with Crippen LogP contribution in [-0.2, 0) is 9.53 Å². The number of hydrogen-bond acceptors (Lipinski definition) is 2. The van der Waals surface area contributed by atoms with Crippen LogP contribution in [0.4, 0.5) is 0 Å². The Hall–Kier alpha value is -2.09. The Morgan fingerprint density at radius 1 is 1.00 bits per heavy atom. The van der Waals surface area contributed by atoms with E-state index in [1.807, 2.05) is 0 Å². The summed E-state index contributed by atoms with van der Waals surface area (Å²) < 4.78 is 5.01. The maximum absolute atomic E-state index is 12.0. The van der Waals surface area contributed by atoms with E-state index in [0.717, 1.165) is 0 Å². The number of ether oxygens (including phenoxy) is 1. The number of carbonyl (C=O) groups is 1. The van der Waals surface area contributed by atoms with Gasteiger partial charge in [-0.3, -0.25) is 4.79 Å². The zero-order chi connectivity index (χ0) is 13.3. The van der Waals surface area contributed by atoms with Crippen molar-refractivity contribution in [2.24, 2.45) is 0 Å². The highest BCUT2D eigenvalue weighted by molar-refractivity contribution is 6.11. The molecule has 2 heteroatoms. The molecule has 0 unspecified atom stereocenters. The van der Waals surface area contributed by atoms with Gasteiger partial charge in [0, 0.05) is 11.1 Å². The number of Topliss-reactive ketones (excluding diaryl/α,β-unsaturated/α-hetero) is 1. The summed E-state index contributed by atoms with van der Waals surface area (Å²) in [7, 11) is 1.54. The molecule has 0 bridgehead atoms. The Morgan fingerprint density at radius 3 is 1.94 bits per heavy atom. The van der Waals surface area contributed by atoms with E-state index in [-0.39, 0.29) is 5.78 Å². The topological polar surface area (TPSA) is 26.3 Å². The maximum Gasteiger partial charge on any atom is 0.192 e. The van der Waals surface area contributed by atoms with Gasteiger partial charge in [0.25, 0.3) is 0 Å². The van der Waals surface area contributed by atoms with Crippen LogP contribution in [-0.4, -0.2) is 12.9 Å². The monoisotopic (exact) mass is 230 g/mol. The molecule has 90 valence electrons. The third-order valence-electron chi connectivity index (χ3n) is 2.14. The van der Waals surface area contributed by atoms with Crippen molar-refractivity contribution in [2.45, 2.75) is 6.92 Å². The predicted octanol–water partition coefficient (Wildman–Crippen LogP) is 3.52. The van der Waals surface area contributed by atoms with Crippen molar-refractivity contribution >= 4 is 5.78 Å². The second kappa shape index (κ2) is 8.11. The van der Waals surface area contributed by atoms with Gasteiger partial charge in [-0.25, -0.2) is 0 Å². The molecule has 17 heavy (non-hydrogen) atoms. The zero-order valence-corrected chi connectivity index (χ0v) is 10.4. The average molecular weight is 230 g/mol. The second-order valence-corrected chi connectivity index (χ2v) is 3.08. The molecule has 0 aromatic carbocycles. The summed E-state index contributed by atoms with van der Waals surface area (Å²) in [6.07, 6.45) is 9.60. The minimum absolute atomic E-state index is 0.117. The Bertz CT molecular complexity index is 407. The molecule has 2 nitrogen and oxygen atoms in total. The molecule has 0 fully saturated rings. The second-order valence-electron chi connectivity index (χ2n) is 3.08. The van der Waals surface area contributed by atoms with E-state index in [0.29, 0.717) is 16.9 Å². The lowest BCUT2D eigenvalue weighted by molar-refractivity contribution is -0.111. The predicted molar refractivity (Wildman–Crippen MR) is 72.5 cm³/mol. The first kappa shape index (κ1) is 14.9. The largest absolute Gasteiger partial charge is 0.497 e. The van der Waals surface area contributed by atoms with Crippen molar-refractivity contribution in [1.82, 2.24) is 0 Å². The van der Waals surface area contributed by atoms with Gasteiger partial charge < -0.3 is 4.74 Å². The van der Waals surface area contributed by atoms with Gasteiger partial charge >= 0.3 is 0 Å². The average Bonchev–Trinajstić information content (AvgIpc) is 2.36. The number of allylic oxidation sites excluding steroid dienone is 8. The third-order valence-corrected chi connectivity index (χ3v) is 2.14. The summed E-state index contributed by atoms with van der Waals surface area (Å²) in [6, 6.07) is 0. The molecule has 0 aliphatic rings. The molecule has 0 saturated carbocycles. The fraction of sp³-hybridized carbons (Fsp3) is 0.133. The summed E-state index contributed by atoms with van der Waals surface area (Å²) in [5, 5.41) is 0. The van der Waals surface area contributed by atoms with Crippen molar-refractivity contribution in [1.29, 1.82) is 0 Å². The molecule has 0 amide bonds. The van der Waals surface area contributed by atoms with Gasteiger partial charge in [-0.05, 0) is 25.2 Å². The summed E-state index contributed by atoms with van der Waals surface area (Å²) in [5.41, 5.74) is 1.02. The highest BCUT2D eigenvalue weighted by Crippen LogP contribution is 2.09. The molecule has 0 radical (unpaired) electrons. The van der Waals surface area contributed by atoms with E-state index in [9.17, 15) is 4.79 Å². The highest BCUT2D eigenvalue weighted by atomic mass is 16.5. The molecule has 0 N–H and O–H groups in total. The maximum atomic E-state index is 12.0. The van der Waals surface area contributed by atoms with Crippen molar-refractivity contribution < 1.29 is 9.53 Å². The zero-order valence-electron chi connectivity index (χ0n) is 10.4. The van der Waals surface area contributed by atoms with Crippen LogP contribution in [0.15, 0.2) is 73.1 Å². The van der Waals surface area contributed by atoms with E-state index in [1.165, 1.54) is 19.3 Å². The summed E-state index contributed by atoms with van der Waals surface area (Å²) in [4.78, 5) is 12.0. The normalized spacial score (nSPS) is 12.9. The molecule has 0 aromatic rings. The smallest absolute Gasteiger partial charge is 0.192 e. The van der Waals surface area contributed by atoms with Crippen LogP contribution in [0.25, 0.3) is 0 Å². The quantitative estimate of drug-likeness (QED) is 0.380. The third kappa shape index (κ3) is 4.51. The number of ketones is 1. The minimum Gasteiger partial charge on any atom is -0.497 e. The first-order valence-corrected chi connectivity index (χ1v) is 5.18. The standard InChI is InChI=1S/C15H18O2/c1-6-12(7-2)15(16)13(8-3)10-11-14(9-4)17-5/h6-11H,1,3-4H2,2,5H3/b12-7+,13-10+,14-11+. The number of methoxy groups -OCH3 is 1. The molecular formula is C15H18O2. The molecule has 0 aliphatic heterocycles. The van der Waals surface area contributed by atoms with Crippen LogP contribution in [0.2, 0.25) is 0 Å². The van der Waals surface area contributed by atoms with Crippen molar-refractivity contribution in [3.05, 3.63) is 73.1 Å². The van der Waals surface area contributed by atoms with Crippen LogP contribution in [0.3, 0.4) is 0 Å². The molecule has 0 atom stereocenters. The van der Waals surface area contributed by atoms with Gasteiger partial charge in [0.2, 0.25) is 0 Å². The Kier molecular flexibility index (Phi) is 7.11. The van der Waals surface area contributed by atoms with Gasteiger partial charge in [0.1, 0.15) is 5.76 Å². The van der Waals surface area contributed by atoms with Gasteiger partial charge in [0.05, 0.1) is 7.11 Å². The molecule has 0 spiro atoms. The Morgan fingerprint density at radius 2 is 1.59 bits per heavy atom. The lowest BCUT2D eigenvalue weighted by Crippen LogP contribution is -2.02. The molecule has 0 rings (SSSR count). The van der Waals surface area contributed by atoms with Gasteiger partial charge in [-0.15, -0.1) is 0 Å². The Labute approximate surface area is 103 Å². The fourth-order valence-electron chi connectivity index (χ4n) is 1.14. The summed E-state index contributed by atoms with van der Waals surface area (Å²) >= 11 is 0. The number of hydrogen-bond donors (Lipinski definition) is 0. The van der Waals surface area contributed by atoms with E-state index < -0.39 is 0 Å². The number of carbonyl (C=O) groups excluding carboxylic acids is 1. The van der Waals surface area contributed by atoms with E-state index in [1.54, 1.807) is 31.2 Å². The molecular weight excluding hydrogens is 212 g/mol. The summed E-state index contributed by atoms with van der Waals surface area (Å²) in [5.74, 6) is 0.464. The lowest BCUT2D eigenvalue weighted by Gasteiger charge is -2.01. The lowest BCUT2D eigenvalue weighted by atomic mass is 10.0. The van der Waals surface area contributed by atoms with Crippen LogP contribution < -0.4 is 0 Å². The number of rotatable bonds is 7. The first-order chi connectivity index (χ1) is 8.14. The van der Waals surface area contributed by atoms with E-state index >= 15 is 0 Å². The van der Waals surface area contributed by atoms with Gasteiger partial charge in [-0.1, -0.05) is 38.0 Å². The van der Waals surface area contributed by atoms with Gasteiger partial charge in [0.15, 0.2) is 5.78 Å². The highest BCUT2D eigenvalue weighted by Gasteiger charge is 2.08. The molecule has 0 saturated heterocycles. The fourth-order valence-corrected chi connectivity index (χ4v) is 1.14.